The summed E-state index contributed by atoms with van der Waals surface area (Å²) < 4.78 is 41.6. The van der Waals surface area contributed by atoms with Crippen LogP contribution in [-0.4, -0.2) is 46.6 Å². The molecule has 0 N–H and O–H groups in total. The lowest BCUT2D eigenvalue weighted by Crippen LogP contribution is -2.28. The Morgan fingerprint density at radius 2 is 1.95 bits per heavy atom. The molecule has 0 aliphatic rings. The number of likely N-dealkylation sites (N-methyl/N-ethyl adjacent to an activating group) is 1. The van der Waals surface area contributed by atoms with Crippen LogP contribution in [0, 0.1) is 0 Å². The number of alkyl halides is 3. The molecule has 114 valence electrons. The average Bonchev–Trinajstić information content (AvgIpc) is 2.86. The van der Waals surface area contributed by atoms with Crippen LogP contribution in [0.1, 0.15) is 38.4 Å². The Labute approximate surface area is 115 Å². The van der Waals surface area contributed by atoms with Crippen LogP contribution >= 0.6 is 0 Å². The predicted molar refractivity (Wildman–Crippen MR) is 65.3 cm³/mol. The molecule has 1 unspecified atom stereocenters. The van der Waals surface area contributed by atoms with Gasteiger partial charge in [-0.15, -0.1) is 0 Å². The quantitative estimate of drug-likeness (QED) is 0.771. The number of nitrogens with zero attached hydrogens (tertiary/aromatic N) is 3. The predicted octanol–water partition coefficient (Wildman–Crippen LogP) is 2.19. The van der Waals surface area contributed by atoms with E-state index in [9.17, 15) is 18.0 Å². The molecule has 0 aliphatic carbocycles. The van der Waals surface area contributed by atoms with Crippen molar-refractivity contribution in [3.05, 3.63) is 11.7 Å². The van der Waals surface area contributed by atoms with Crippen molar-refractivity contribution in [3.8, 4) is 0 Å². The van der Waals surface area contributed by atoms with Crippen molar-refractivity contribution >= 4 is 5.78 Å². The second-order valence-corrected chi connectivity index (χ2v) is 4.41. The molecule has 5 nitrogen and oxygen atoms in total. The van der Waals surface area contributed by atoms with E-state index < -0.39 is 17.9 Å². The molecule has 0 fully saturated rings. The Kier molecular flexibility index (Phi) is 5.67. The molecule has 0 radical (unpaired) electrons. The summed E-state index contributed by atoms with van der Waals surface area (Å²) >= 11 is 0. The van der Waals surface area contributed by atoms with E-state index in [0.717, 1.165) is 20.0 Å². The van der Waals surface area contributed by atoms with Gasteiger partial charge in [-0.05, 0) is 20.0 Å². The Morgan fingerprint density at radius 1 is 1.35 bits per heavy atom. The minimum Gasteiger partial charge on any atom is -0.339 e. The fourth-order valence-corrected chi connectivity index (χ4v) is 1.70. The second-order valence-electron chi connectivity index (χ2n) is 4.41. The van der Waals surface area contributed by atoms with Crippen LogP contribution in [0.25, 0.3) is 0 Å². The first-order valence-corrected chi connectivity index (χ1v) is 6.45. The van der Waals surface area contributed by atoms with Crippen LogP contribution in [0.4, 0.5) is 13.2 Å². The second kappa shape index (κ2) is 6.83. The van der Waals surface area contributed by atoms with Gasteiger partial charge in [0.1, 0.15) is 5.92 Å². The van der Waals surface area contributed by atoms with E-state index in [4.69, 9.17) is 4.52 Å². The lowest BCUT2D eigenvalue weighted by molar-refractivity contribution is -0.172. The Balaban J connectivity index is 2.65. The first-order valence-electron chi connectivity index (χ1n) is 6.45. The van der Waals surface area contributed by atoms with E-state index in [1.807, 2.05) is 13.8 Å². The molecule has 1 rings (SSSR count). The maximum atomic E-state index is 12.3. The summed E-state index contributed by atoms with van der Waals surface area (Å²) in [6.45, 7) is 7.55. The van der Waals surface area contributed by atoms with Crippen LogP contribution < -0.4 is 0 Å². The number of carbonyl (C=O) groups excluding carboxylic acids is 1. The number of Topliss-reactive ketones (excluding diaryl/α,β-unsaturated/α-hetero) is 1. The maximum absolute atomic E-state index is 12.3. The molecule has 8 heteroatoms. The van der Waals surface area contributed by atoms with E-state index in [-0.39, 0.29) is 5.89 Å². The van der Waals surface area contributed by atoms with Crippen molar-refractivity contribution < 1.29 is 22.5 Å². The molecule has 0 bridgehead atoms. The molecule has 1 aromatic rings. The smallest absolute Gasteiger partial charge is 0.339 e. The standard InChI is InChI=1S/C12H18F3N3O2/c1-4-18(5-2)7-6-9-16-11(20-17-9)8(3)10(19)12(13,14)15/h8H,4-7H2,1-3H3. The third-order valence-electron chi connectivity index (χ3n) is 3.07. The van der Waals surface area contributed by atoms with Gasteiger partial charge in [0.05, 0.1) is 0 Å². The van der Waals surface area contributed by atoms with Crippen LogP contribution in [0.15, 0.2) is 4.52 Å². The van der Waals surface area contributed by atoms with E-state index in [1.54, 1.807) is 0 Å². The van der Waals surface area contributed by atoms with Crippen molar-refractivity contribution in [2.24, 2.45) is 0 Å². The molecule has 0 aliphatic heterocycles. The highest BCUT2D eigenvalue weighted by molar-refractivity contribution is 5.89. The van der Waals surface area contributed by atoms with Crippen LogP contribution in [0.3, 0.4) is 0 Å². The van der Waals surface area contributed by atoms with E-state index in [1.165, 1.54) is 0 Å². The van der Waals surface area contributed by atoms with Crippen molar-refractivity contribution in [3.63, 3.8) is 0 Å². The topological polar surface area (TPSA) is 59.2 Å². The minimum absolute atomic E-state index is 0.290. The summed E-state index contributed by atoms with van der Waals surface area (Å²) in [4.78, 5) is 17.1. The van der Waals surface area contributed by atoms with E-state index in [0.29, 0.717) is 18.8 Å². The van der Waals surface area contributed by atoms with Gasteiger partial charge < -0.3 is 9.42 Å². The molecular weight excluding hydrogens is 275 g/mol. The fraction of sp³-hybridized carbons (Fsp3) is 0.750. The highest BCUT2D eigenvalue weighted by atomic mass is 19.4. The zero-order valence-corrected chi connectivity index (χ0v) is 11.7. The summed E-state index contributed by atoms with van der Waals surface area (Å²) in [5.74, 6) is -3.32. The van der Waals surface area contributed by atoms with Gasteiger partial charge in [-0.25, -0.2) is 0 Å². The average molecular weight is 293 g/mol. The van der Waals surface area contributed by atoms with Crippen molar-refractivity contribution in [2.45, 2.75) is 39.3 Å². The zero-order valence-electron chi connectivity index (χ0n) is 11.7. The van der Waals surface area contributed by atoms with Crippen molar-refractivity contribution in [1.82, 2.24) is 15.0 Å². The van der Waals surface area contributed by atoms with Gasteiger partial charge >= 0.3 is 6.18 Å². The number of ketones is 1. The van der Waals surface area contributed by atoms with Gasteiger partial charge in [0.15, 0.2) is 5.82 Å². The van der Waals surface area contributed by atoms with Crippen molar-refractivity contribution in [2.75, 3.05) is 19.6 Å². The largest absolute Gasteiger partial charge is 0.450 e. The van der Waals surface area contributed by atoms with E-state index >= 15 is 0 Å². The van der Waals surface area contributed by atoms with Gasteiger partial charge in [-0.2, -0.15) is 18.2 Å². The van der Waals surface area contributed by atoms with Gasteiger partial charge in [0, 0.05) is 13.0 Å². The Bertz CT molecular complexity index is 441. The monoisotopic (exact) mass is 293 g/mol. The first kappa shape index (κ1) is 16.6. The number of hydrogen-bond acceptors (Lipinski definition) is 5. The lowest BCUT2D eigenvalue weighted by Gasteiger charge is -2.16. The van der Waals surface area contributed by atoms with Gasteiger partial charge in [-0.3, -0.25) is 4.79 Å². The molecule has 0 aromatic carbocycles. The molecule has 0 spiro atoms. The number of hydrogen-bond donors (Lipinski definition) is 0. The van der Waals surface area contributed by atoms with Crippen LogP contribution in [0.5, 0.6) is 0 Å². The van der Waals surface area contributed by atoms with Gasteiger partial charge in [-0.1, -0.05) is 19.0 Å². The SMILES string of the molecule is CCN(CC)CCc1noc(C(C)C(=O)C(F)(F)F)n1. The number of carbonyl (C=O) groups is 1. The molecule has 1 atom stereocenters. The van der Waals surface area contributed by atoms with Crippen LogP contribution in [0.2, 0.25) is 0 Å². The third-order valence-corrected chi connectivity index (χ3v) is 3.07. The van der Waals surface area contributed by atoms with Crippen LogP contribution in [-0.2, 0) is 11.2 Å². The highest BCUT2D eigenvalue weighted by Crippen LogP contribution is 2.26. The lowest BCUT2D eigenvalue weighted by atomic mass is 10.1. The molecule has 0 amide bonds. The molecule has 0 saturated carbocycles. The summed E-state index contributed by atoms with van der Waals surface area (Å²) in [5.41, 5.74) is 0. The highest BCUT2D eigenvalue weighted by Gasteiger charge is 2.43. The maximum Gasteiger partial charge on any atom is 0.450 e. The molecule has 0 saturated heterocycles. The summed E-state index contributed by atoms with van der Waals surface area (Å²) in [6.07, 6.45) is -4.42. The Hall–Kier alpha value is -1.44. The number of aromatic nitrogens is 2. The fourth-order valence-electron chi connectivity index (χ4n) is 1.70. The van der Waals surface area contributed by atoms with Gasteiger partial charge in [0.25, 0.3) is 0 Å². The molecule has 1 aromatic heterocycles. The first-order chi connectivity index (χ1) is 9.29. The normalized spacial score (nSPS) is 13.8. The summed E-state index contributed by atoms with van der Waals surface area (Å²) in [5, 5.41) is 3.61. The molecule has 1 heterocycles. The molecular formula is C12H18F3N3O2. The zero-order chi connectivity index (χ0) is 15.3. The number of rotatable bonds is 7. The minimum atomic E-state index is -4.89. The van der Waals surface area contributed by atoms with E-state index in [2.05, 4.69) is 15.0 Å². The number of halogens is 3. The summed E-state index contributed by atoms with van der Waals surface area (Å²) in [7, 11) is 0. The Morgan fingerprint density at radius 3 is 2.45 bits per heavy atom. The van der Waals surface area contributed by atoms with Crippen molar-refractivity contribution in [1.29, 1.82) is 0 Å². The molecule has 20 heavy (non-hydrogen) atoms. The third kappa shape index (κ3) is 4.29. The summed E-state index contributed by atoms with van der Waals surface area (Å²) in [6, 6.07) is 0. The van der Waals surface area contributed by atoms with Gasteiger partial charge in [0.2, 0.25) is 11.7 Å².